The van der Waals surface area contributed by atoms with Crippen molar-refractivity contribution in [3.63, 3.8) is 0 Å². The third-order valence-electron chi connectivity index (χ3n) is 4.33. The van der Waals surface area contributed by atoms with Crippen molar-refractivity contribution in [2.45, 2.75) is 6.92 Å². The first-order valence-electron chi connectivity index (χ1n) is 7.89. The fourth-order valence-corrected chi connectivity index (χ4v) is 3.39. The molecule has 25 heavy (non-hydrogen) atoms. The molecule has 2 aromatic carbocycles. The number of halogens is 1. The average Bonchev–Trinajstić information content (AvgIpc) is 3.06. The maximum absolute atomic E-state index is 9.11. The average molecular weight is 344 g/mol. The Kier molecular flexibility index (Phi) is 3.76. The van der Waals surface area contributed by atoms with Crippen molar-refractivity contribution >= 4 is 22.5 Å². The predicted molar refractivity (Wildman–Crippen MR) is 101 cm³/mol. The van der Waals surface area contributed by atoms with Crippen LogP contribution in [0.5, 0.6) is 0 Å². The van der Waals surface area contributed by atoms with Crippen molar-refractivity contribution in [1.82, 2.24) is 9.55 Å². The van der Waals surface area contributed by atoms with Gasteiger partial charge in [0, 0.05) is 17.8 Å². The maximum Gasteiger partial charge on any atom is 0.0991 e. The van der Waals surface area contributed by atoms with E-state index in [0.717, 1.165) is 33.3 Å². The molecule has 0 saturated carbocycles. The number of fused-ring (bicyclic) bond motifs is 1. The minimum Gasteiger partial charge on any atom is -0.313 e. The van der Waals surface area contributed by atoms with Crippen LogP contribution in [0.15, 0.2) is 67.1 Å². The summed E-state index contributed by atoms with van der Waals surface area (Å²) in [6.45, 7) is 2.05. The van der Waals surface area contributed by atoms with Gasteiger partial charge in [0.25, 0.3) is 0 Å². The van der Waals surface area contributed by atoms with Crippen LogP contribution in [0.4, 0.5) is 0 Å². The molecule has 0 radical (unpaired) electrons. The molecule has 120 valence electrons. The number of hydrogen-bond donors (Lipinski definition) is 0. The van der Waals surface area contributed by atoms with Crippen molar-refractivity contribution in [2.24, 2.45) is 0 Å². The van der Waals surface area contributed by atoms with Crippen molar-refractivity contribution in [3.8, 4) is 22.9 Å². The molecule has 0 aliphatic carbocycles. The number of hydrogen-bond acceptors (Lipinski definition) is 2. The molecule has 0 amide bonds. The molecule has 4 heteroatoms. The van der Waals surface area contributed by atoms with E-state index in [-0.39, 0.29) is 0 Å². The lowest BCUT2D eigenvalue weighted by Gasteiger charge is -2.10. The summed E-state index contributed by atoms with van der Waals surface area (Å²) in [5.74, 6) is 0. The molecule has 0 atom stereocenters. The van der Waals surface area contributed by atoms with Gasteiger partial charge in [-0.25, -0.2) is 0 Å². The molecule has 0 unspecified atom stereocenters. The smallest absolute Gasteiger partial charge is 0.0991 e. The van der Waals surface area contributed by atoms with Crippen LogP contribution in [-0.4, -0.2) is 9.55 Å². The lowest BCUT2D eigenvalue weighted by atomic mass is 10.0. The zero-order valence-corrected chi connectivity index (χ0v) is 14.3. The third kappa shape index (κ3) is 2.67. The van der Waals surface area contributed by atoms with Gasteiger partial charge in [0.15, 0.2) is 0 Å². The lowest BCUT2D eigenvalue weighted by Crippen LogP contribution is -1.96. The van der Waals surface area contributed by atoms with Crippen LogP contribution >= 0.6 is 11.6 Å². The Labute approximate surface area is 150 Å². The summed E-state index contributed by atoms with van der Waals surface area (Å²) in [7, 11) is 0. The van der Waals surface area contributed by atoms with E-state index in [1.54, 1.807) is 12.3 Å². The van der Waals surface area contributed by atoms with Crippen LogP contribution in [0.2, 0.25) is 5.02 Å². The highest BCUT2D eigenvalue weighted by Crippen LogP contribution is 2.33. The summed E-state index contributed by atoms with van der Waals surface area (Å²) in [6, 6.07) is 17.8. The molecular weight excluding hydrogens is 330 g/mol. The van der Waals surface area contributed by atoms with E-state index in [0.29, 0.717) is 10.6 Å². The summed E-state index contributed by atoms with van der Waals surface area (Å²) in [6.07, 6.45) is 5.64. The third-order valence-corrected chi connectivity index (χ3v) is 4.62. The van der Waals surface area contributed by atoms with Gasteiger partial charge in [-0.2, -0.15) is 5.26 Å². The Morgan fingerprint density at radius 2 is 1.96 bits per heavy atom. The molecule has 0 aliphatic rings. The Hall–Kier alpha value is -3.09. The predicted octanol–water partition coefficient (Wildman–Crippen LogP) is 5.53. The first-order chi connectivity index (χ1) is 12.2. The Bertz CT molecular complexity index is 1140. The molecule has 0 fully saturated rings. The molecule has 4 rings (SSSR count). The zero-order valence-electron chi connectivity index (χ0n) is 13.6. The van der Waals surface area contributed by atoms with Gasteiger partial charge >= 0.3 is 0 Å². The maximum atomic E-state index is 9.11. The molecule has 0 N–H and O–H groups in total. The quantitative estimate of drug-likeness (QED) is 0.480. The van der Waals surface area contributed by atoms with Gasteiger partial charge in [-0.3, -0.25) is 4.98 Å². The second-order valence-corrected chi connectivity index (χ2v) is 6.34. The molecule has 2 aromatic heterocycles. The van der Waals surface area contributed by atoms with Crippen LogP contribution in [-0.2, 0) is 0 Å². The highest BCUT2D eigenvalue weighted by Gasteiger charge is 2.12. The second-order valence-electron chi connectivity index (χ2n) is 5.94. The van der Waals surface area contributed by atoms with E-state index in [1.807, 2.05) is 48.8 Å². The van der Waals surface area contributed by atoms with Gasteiger partial charge in [0.2, 0.25) is 0 Å². The minimum atomic E-state index is 0.636. The number of benzene rings is 2. The number of pyridine rings is 1. The molecule has 2 heterocycles. The lowest BCUT2D eigenvalue weighted by molar-refractivity contribution is 1.07. The van der Waals surface area contributed by atoms with Gasteiger partial charge in [0.05, 0.1) is 34.1 Å². The number of aryl methyl sites for hydroxylation is 1. The highest BCUT2D eigenvalue weighted by atomic mass is 35.5. The monoisotopic (exact) mass is 343 g/mol. The number of nitrogens with zero attached hydrogens (tertiary/aromatic N) is 3. The standard InChI is InChI=1S/C21H14ClN3/c1-14-5-7-24-13-20(14)25-8-6-17-10-18(11-19(22)21(17)25)16-4-2-3-15(9-16)12-23/h2-11,13H,1H3. The molecule has 0 spiro atoms. The molecule has 3 nitrogen and oxygen atoms in total. The van der Waals surface area contributed by atoms with Crippen LogP contribution in [0.25, 0.3) is 27.7 Å². The Morgan fingerprint density at radius 1 is 1.08 bits per heavy atom. The van der Waals surface area contributed by atoms with E-state index < -0.39 is 0 Å². The second kappa shape index (κ2) is 6.08. The molecule has 0 saturated heterocycles. The van der Waals surface area contributed by atoms with Crippen molar-refractivity contribution in [3.05, 3.63) is 83.3 Å². The van der Waals surface area contributed by atoms with Gasteiger partial charge in [-0.1, -0.05) is 23.7 Å². The summed E-state index contributed by atoms with van der Waals surface area (Å²) in [4.78, 5) is 4.23. The van der Waals surface area contributed by atoms with E-state index in [1.165, 1.54) is 0 Å². The van der Waals surface area contributed by atoms with Crippen molar-refractivity contribution < 1.29 is 0 Å². The van der Waals surface area contributed by atoms with Crippen LogP contribution in [0.3, 0.4) is 0 Å². The van der Waals surface area contributed by atoms with E-state index in [2.05, 4.69) is 28.6 Å². The van der Waals surface area contributed by atoms with Gasteiger partial charge < -0.3 is 4.57 Å². The Morgan fingerprint density at radius 3 is 2.76 bits per heavy atom. The summed E-state index contributed by atoms with van der Waals surface area (Å²) >= 11 is 6.63. The SMILES string of the molecule is Cc1ccncc1-n1ccc2cc(-c3cccc(C#N)c3)cc(Cl)c21. The highest BCUT2D eigenvalue weighted by molar-refractivity contribution is 6.35. The zero-order chi connectivity index (χ0) is 17.4. The van der Waals surface area contributed by atoms with Gasteiger partial charge in [0.1, 0.15) is 0 Å². The van der Waals surface area contributed by atoms with Crippen molar-refractivity contribution in [2.75, 3.05) is 0 Å². The number of nitriles is 1. The fourth-order valence-electron chi connectivity index (χ4n) is 3.07. The normalized spacial score (nSPS) is 10.8. The summed E-state index contributed by atoms with van der Waals surface area (Å²) < 4.78 is 2.06. The topological polar surface area (TPSA) is 41.6 Å². The van der Waals surface area contributed by atoms with E-state index >= 15 is 0 Å². The minimum absolute atomic E-state index is 0.636. The largest absolute Gasteiger partial charge is 0.313 e. The van der Waals surface area contributed by atoms with Gasteiger partial charge in [-0.05, 0) is 60.0 Å². The molecule has 4 aromatic rings. The molecule has 0 bridgehead atoms. The van der Waals surface area contributed by atoms with E-state index in [9.17, 15) is 0 Å². The van der Waals surface area contributed by atoms with Crippen LogP contribution in [0.1, 0.15) is 11.1 Å². The first-order valence-corrected chi connectivity index (χ1v) is 8.27. The van der Waals surface area contributed by atoms with E-state index in [4.69, 9.17) is 16.9 Å². The molecular formula is C21H14ClN3. The van der Waals surface area contributed by atoms with Gasteiger partial charge in [-0.15, -0.1) is 0 Å². The number of rotatable bonds is 2. The summed E-state index contributed by atoms with van der Waals surface area (Å²) in [5, 5.41) is 10.8. The Balaban J connectivity index is 1.91. The van der Waals surface area contributed by atoms with Crippen LogP contribution < -0.4 is 0 Å². The first kappa shape index (κ1) is 15.4. The summed E-state index contributed by atoms with van der Waals surface area (Å²) in [5.41, 5.74) is 5.71. The molecule has 0 aliphatic heterocycles. The number of aromatic nitrogens is 2. The fraction of sp³-hybridized carbons (Fsp3) is 0.0476. The van der Waals surface area contributed by atoms with Crippen LogP contribution in [0, 0.1) is 18.3 Å². The van der Waals surface area contributed by atoms with Crippen molar-refractivity contribution in [1.29, 1.82) is 5.26 Å².